The molecule has 4 N–H and O–H groups in total. The monoisotopic (exact) mass is 375 g/mol. The molecule has 0 spiro atoms. The van der Waals surface area contributed by atoms with E-state index in [1.54, 1.807) is 30.3 Å². The summed E-state index contributed by atoms with van der Waals surface area (Å²) in [6, 6.07) is 15.9. The lowest BCUT2D eigenvalue weighted by atomic mass is 10.2. The van der Waals surface area contributed by atoms with Gasteiger partial charge >= 0.3 is 6.03 Å². The molecule has 0 saturated heterocycles. The number of benzene rings is 2. The van der Waals surface area contributed by atoms with E-state index in [2.05, 4.69) is 15.7 Å². The minimum absolute atomic E-state index is 0.262. The van der Waals surface area contributed by atoms with E-state index in [0.29, 0.717) is 11.4 Å². The van der Waals surface area contributed by atoms with Gasteiger partial charge in [0.1, 0.15) is 0 Å². The van der Waals surface area contributed by atoms with Crippen molar-refractivity contribution in [2.45, 2.75) is 13.8 Å². The molecule has 0 aliphatic carbocycles. The maximum absolute atomic E-state index is 12.2. The van der Waals surface area contributed by atoms with Crippen LogP contribution in [0.5, 0.6) is 0 Å². The normalized spacial score (nSPS) is 10.8. The minimum atomic E-state index is -0.637. The molecule has 0 bridgehead atoms. The molecule has 1 aromatic heterocycles. The number of amides is 3. The lowest BCUT2D eigenvalue weighted by molar-refractivity contribution is -0.111. The topological polar surface area (TPSA) is 102 Å². The summed E-state index contributed by atoms with van der Waals surface area (Å²) in [6.45, 7) is 3.88. The lowest BCUT2D eigenvalue weighted by Gasteiger charge is -2.05. The van der Waals surface area contributed by atoms with Gasteiger partial charge in [0.25, 0.3) is 0 Å². The van der Waals surface area contributed by atoms with E-state index in [9.17, 15) is 9.59 Å². The van der Waals surface area contributed by atoms with Crippen LogP contribution in [0.25, 0.3) is 11.8 Å². The van der Waals surface area contributed by atoms with Crippen molar-refractivity contribution in [1.29, 1.82) is 0 Å². The summed E-state index contributed by atoms with van der Waals surface area (Å²) < 4.78 is 1.86. The predicted molar refractivity (Wildman–Crippen MR) is 110 cm³/mol. The van der Waals surface area contributed by atoms with Gasteiger partial charge in [-0.1, -0.05) is 18.2 Å². The molecule has 3 rings (SSSR count). The zero-order valence-corrected chi connectivity index (χ0v) is 15.6. The van der Waals surface area contributed by atoms with E-state index in [0.717, 1.165) is 22.6 Å². The van der Waals surface area contributed by atoms with Crippen LogP contribution in [0, 0.1) is 13.8 Å². The molecule has 0 fully saturated rings. The van der Waals surface area contributed by atoms with Gasteiger partial charge in [-0.3, -0.25) is 4.79 Å². The number of aromatic nitrogens is 2. The fourth-order valence-electron chi connectivity index (χ4n) is 2.84. The van der Waals surface area contributed by atoms with Crippen molar-refractivity contribution in [2.24, 2.45) is 5.73 Å². The molecular weight excluding hydrogens is 354 g/mol. The lowest BCUT2D eigenvalue weighted by Crippen LogP contribution is -2.19. The highest BCUT2D eigenvalue weighted by molar-refractivity contribution is 6.02. The summed E-state index contributed by atoms with van der Waals surface area (Å²) in [5, 5.41) is 9.80. The summed E-state index contributed by atoms with van der Waals surface area (Å²) in [7, 11) is 0. The second kappa shape index (κ2) is 8.22. The first-order valence-corrected chi connectivity index (χ1v) is 8.71. The average molecular weight is 375 g/mol. The number of carbonyl (C=O) groups is 2. The van der Waals surface area contributed by atoms with Gasteiger partial charge in [0.05, 0.1) is 11.4 Å². The third-order valence-electron chi connectivity index (χ3n) is 4.17. The van der Waals surface area contributed by atoms with Crippen LogP contribution >= 0.6 is 0 Å². The Labute approximate surface area is 162 Å². The molecule has 7 heteroatoms. The molecule has 3 aromatic rings. The van der Waals surface area contributed by atoms with Crippen LogP contribution in [0.3, 0.4) is 0 Å². The van der Waals surface area contributed by atoms with Gasteiger partial charge in [0, 0.05) is 28.7 Å². The zero-order valence-electron chi connectivity index (χ0n) is 15.6. The van der Waals surface area contributed by atoms with Crippen LogP contribution in [0.2, 0.25) is 0 Å². The van der Waals surface area contributed by atoms with E-state index >= 15 is 0 Å². The number of rotatable bonds is 5. The van der Waals surface area contributed by atoms with Crippen molar-refractivity contribution < 1.29 is 9.59 Å². The van der Waals surface area contributed by atoms with Gasteiger partial charge in [0.15, 0.2) is 0 Å². The van der Waals surface area contributed by atoms with E-state index in [1.807, 2.05) is 48.9 Å². The van der Waals surface area contributed by atoms with Crippen LogP contribution in [-0.2, 0) is 4.79 Å². The van der Waals surface area contributed by atoms with E-state index in [-0.39, 0.29) is 5.91 Å². The van der Waals surface area contributed by atoms with Crippen molar-refractivity contribution in [3.63, 3.8) is 0 Å². The average Bonchev–Trinajstić information content (AvgIpc) is 2.96. The number of nitrogens with zero attached hydrogens (tertiary/aromatic N) is 2. The number of urea groups is 1. The summed E-state index contributed by atoms with van der Waals surface area (Å²) in [4.78, 5) is 23.1. The molecular formula is C21H21N5O2. The first kappa shape index (κ1) is 18.9. The number of carbonyl (C=O) groups excluding carboxylic acids is 2. The summed E-state index contributed by atoms with van der Waals surface area (Å²) in [5.74, 6) is -0.262. The number of anilines is 2. The fourth-order valence-corrected chi connectivity index (χ4v) is 2.84. The number of nitrogens with one attached hydrogen (secondary N) is 2. The molecule has 2 aromatic carbocycles. The van der Waals surface area contributed by atoms with Gasteiger partial charge in [-0.15, -0.1) is 0 Å². The highest BCUT2D eigenvalue weighted by Crippen LogP contribution is 2.19. The number of hydrogen-bond acceptors (Lipinski definition) is 3. The smallest absolute Gasteiger partial charge is 0.316 e. The van der Waals surface area contributed by atoms with Crippen LogP contribution < -0.4 is 16.4 Å². The Kier molecular flexibility index (Phi) is 5.55. The second-order valence-electron chi connectivity index (χ2n) is 6.22. The second-order valence-corrected chi connectivity index (χ2v) is 6.22. The number of aryl methyl sites for hydroxylation is 1. The third-order valence-corrected chi connectivity index (χ3v) is 4.17. The molecule has 142 valence electrons. The van der Waals surface area contributed by atoms with Crippen molar-refractivity contribution >= 4 is 29.4 Å². The van der Waals surface area contributed by atoms with E-state index in [1.165, 1.54) is 6.08 Å². The summed E-state index contributed by atoms with van der Waals surface area (Å²) >= 11 is 0. The standard InChI is InChI=1S/C21H21N5O2/c1-14-19(15(2)26(25-14)18-6-4-3-5-7-18)12-13-20(27)23-16-8-10-17(11-9-16)24-21(22)28/h3-13H,1-2H3,(H,23,27)(H3,22,24,28)/b13-12+. The maximum atomic E-state index is 12.2. The third kappa shape index (κ3) is 4.45. The fraction of sp³-hybridized carbons (Fsp3) is 0.0952. The van der Waals surface area contributed by atoms with Crippen molar-refractivity contribution in [3.8, 4) is 5.69 Å². The van der Waals surface area contributed by atoms with Crippen LogP contribution in [0.15, 0.2) is 60.7 Å². The van der Waals surface area contributed by atoms with Gasteiger partial charge in [-0.25, -0.2) is 9.48 Å². The van der Waals surface area contributed by atoms with Crippen LogP contribution in [0.1, 0.15) is 17.0 Å². The number of primary amides is 1. The Morgan fingerprint density at radius 3 is 2.18 bits per heavy atom. The molecule has 0 unspecified atom stereocenters. The zero-order chi connectivity index (χ0) is 20.1. The number of hydrogen-bond donors (Lipinski definition) is 3. The van der Waals surface area contributed by atoms with Crippen molar-refractivity contribution in [3.05, 3.63) is 77.6 Å². The van der Waals surface area contributed by atoms with Gasteiger partial charge < -0.3 is 16.4 Å². The molecule has 0 atom stereocenters. The van der Waals surface area contributed by atoms with E-state index in [4.69, 9.17) is 5.73 Å². The first-order valence-electron chi connectivity index (χ1n) is 8.71. The number of para-hydroxylation sites is 1. The largest absolute Gasteiger partial charge is 0.351 e. The highest BCUT2D eigenvalue weighted by Gasteiger charge is 2.10. The minimum Gasteiger partial charge on any atom is -0.351 e. The quantitative estimate of drug-likeness (QED) is 0.593. The molecule has 7 nitrogen and oxygen atoms in total. The van der Waals surface area contributed by atoms with Crippen LogP contribution in [-0.4, -0.2) is 21.7 Å². The molecule has 1 heterocycles. The molecule has 3 amide bonds. The Morgan fingerprint density at radius 2 is 1.57 bits per heavy atom. The van der Waals surface area contributed by atoms with Gasteiger partial charge in [-0.05, 0) is 56.3 Å². The van der Waals surface area contributed by atoms with Gasteiger partial charge in [0.2, 0.25) is 5.91 Å². The Bertz CT molecular complexity index is 1020. The van der Waals surface area contributed by atoms with E-state index < -0.39 is 6.03 Å². The summed E-state index contributed by atoms with van der Waals surface area (Å²) in [6.07, 6.45) is 3.23. The molecule has 0 aliphatic heterocycles. The summed E-state index contributed by atoms with van der Waals surface area (Å²) in [5.41, 5.74) is 9.90. The Morgan fingerprint density at radius 1 is 0.964 bits per heavy atom. The molecule has 28 heavy (non-hydrogen) atoms. The molecule has 0 aliphatic rings. The molecule has 0 saturated carbocycles. The van der Waals surface area contributed by atoms with Gasteiger partial charge in [-0.2, -0.15) is 5.10 Å². The highest BCUT2D eigenvalue weighted by atomic mass is 16.2. The van der Waals surface area contributed by atoms with Crippen molar-refractivity contribution in [2.75, 3.05) is 10.6 Å². The maximum Gasteiger partial charge on any atom is 0.316 e. The predicted octanol–water partition coefficient (Wildman–Crippen LogP) is 3.63. The SMILES string of the molecule is Cc1nn(-c2ccccc2)c(C)c1/C=C/C(=O)Nc1ccc(NC(N)=O)cc1. The number of nitrogens with two attached hydrogens (primary N) is 1. The Hall–Kier alpha value is -3.87. The van der Waals surface area contributed by atoms with Crippen LogP contribution in [0.4, 0.5) is 16.2 Å². The molecule has 0 radical (unpaired) electrons. The Balaban J connectivity index is 1.71. The first-order chi connectivity index (χ1) is 13.4. The van der Waals surface area contributed by atoms with Crippen molar-refractivity contribution in [1.82, 2.24) is 9.78 Å².